The Bertz CT molecular complexity index is 540. The van der Waals surface area contributed by atoms with E-state index < -0.39 is 0 Å². The second kappa shape index (κ2) is 7.28. The second-order valence-electron chi connectivity index (χ2n) is 4.37. The highest BCUT2D eigenvalue weighted by atomic mass is 16.5. The van der Waals surface area contributed by atoms with Crippen LogP contribution >= 0.6 is 0 Å². The first-order valence-corrected chi connectivity index (χ1v) is 6.59. The SMILES string of the molecule is COc1ccc(OCCNC(=O)C2=NNC(=O)CC2)cc1. The number of hydrogen-bond donors (Lipinski definition) is 2. The Morgan fingerprint density at radius 3 is 2.62 bits per heavy atom. The first-order chi connectivity index (χ1) is 10.2. The van der Waals surface area contributed by atoms with Crippen molar-refractivity contribution in [1.82, 2.24) is 10.7 Å². The minimum absolute atomic E-state index is 0.172. The van der Waals surface area contributed by atoms with Gasteiger partial charge in [0.1, 0.15) is 23.8 Å². The molecule has 2 amide bonds. The van der Waals surface area contributed by atoms with Crippen molar-refractivity contribution in [3.63, 3.8) is 0 Å². The lowest BCUT2D eigenvalue weighted by molar-refractivity contribution is -0.121. The number of rotatable bonds is 6. The lowest BCUT2D eigenvalue weighted by Crippen LogP contribution is -2.38. The smallest absolute Gasteiger partial charge is 0.267 e. The van der Waals surface area contributed by atoms with E-state index in [0.29, 0.717) is 31.0 Å². The summed E-state index contributed by atoms with van der Waals surface area (Å²) in [5.74, 6) is 1.00. The van der Waals surface area contributed by atoms with Crippen LogP contribution in [0.1, 0.15) is 12.8 Å². The van der Waals surface area contributed by atoms with Crippen LogP contribution in [-0.4, -0.2) is 37.8 Å². The first kappa shape index (κ1) is 14.8. The molecule has 1 aliphatic rings. The Labute approximate surface area is 122 Å². The van der Waals surface area contributed by atoms with E-state index in [9.17, 15) is 9.59 Å². The Kier molecular flexibility index (Phi) is 5.14. The quantitative estimate of drug-likeness (QED) is 0.745. The van der Waals surface area contributed by atoms with Gasteiger partial charge >= 0.3 is 0 Å². The summed E-state index contributed by atoms with van der Waals surface area (Å²) < 4.78 is 10.5. The van der Waals surface area contributed by atoms with Gasteiger partial charge in [0.2, 0.25) is 5.91 Å². The minimum atomic E-state index is -0.284. The average molecular weight is 291 g/mol. The molecule has 0 saturated heterocycles. The Hall–Kier alpha value is -2.57. The third-order valence-electron chi connectivity index (χ3n) is 2.88. The molecule has 0 bridgehead atoms. The van der Waals surface area contributed by atoms with E-state index in [2.05, 4.69) is 15.8 Å². The summed E-state index contributed by atoms with van der Waals surface area (Å²) in [5.41, 5.74) is 2.62. The number of methoxy groups -OCH3 is 1. The van der Waals surface area contributed by atoms with Crippen LogP contribution in [0.2, 0.25) is 0 Å². The molecule has 0 unspecified atom stereocenters. The summed E-state index contributed by atoms with van der Waals surface area (Å²) in [6, 6.07) is 7.18. The van der Waals surface area contributed by atoms with Crippen LogP contribution in [0.5, 0.6) is 11.5 Å². The van der Waals surface area contributed by atoms with Crippen LogP contribution in [0, 0.1) is 0 Å². The molecule has 21 heavy (non-hydrogen) atoms. The molecular weight excluding hydrogens is 274 g/mol. The maximum Gasteiger partial charge on any atom is 0.267 e. The van der Waals surface area contributed by atoms with Gasteiger partial charge < -0.3 is 14.8 Å². The van der Waals surface area contributed by atoms with Gasteiger partial charge in [-0.25, -0.2) is 5.43 Å². The van der Waals surface area contributed by atoms with Crippen molar-refractivity contribution in [1.29, 1.82) is 0 Å². The van der Waals surface area contributed by atoms with Crippen molar-refractivity contribution in [3.8, 4) is 11.5 Å². The summed E-state index contributed by atoms with van der Waals surface area (Å²) in [4.78, 5) is 22.6. The molecule has 7 nitrogen and oxygen atoms in total. The predicted octanol–water partition coefficient (Wildman–Crippen LogP) is 0.456. The molecule has 0 aliphatic carbocycles. The normalized spacial score (nSPS) is 14.0. The maximum absolute atomic E-state index is 11.7. The molecule has 1 heterocycles. The Balaban J connectivity index is 1.69. The van der Waals surface area contributed by atoms with Crippen LogP contribution in [0.3, 0.4) is 0 Å². The van der Waals surface area contributed by atoms with Gasteiger partial charge in [-0.05, 0) is 24.3 Å². The standard InChI is InChI=1S/C14H17N3O4/c1-20-10-2-4-11(5-3-10)21-9-8-15-14(19)12-6-7-13(18)17-16-12/h2-5H,6-9H2,1H3,(H,15,19)(H,17,18). The van der Waals surface area contributed by atoms with Gasteiger partial charge in [0, 0.05) is 12.8 Å². The molecule has 0 radical (unpaired) electrons. The highest BCUT2D eigenvalue weighted by Crippen LogP contribution is 2.16. The number of hydrazone groups is 1. The summed E-state index contributed by atoms with van der Waals surface area (Å²) in [5, 5.41) is 6.41. The zero-order chi connectivity index (χ0) is 15.1. The summed E-state index contributed by atoms with van der Waals surface area (Å²) in [6.45, 7) is 0.704. The monoisotopic (exact) mass is 291 g/mol. The van der Waals surface area contributed by atoms with Gasteiger partial charge in [-0.2, -0.15) is 5.10 Å². The van der Waals surface area contributed by atoms with Crippen molar-refractivity contribution in [3.05, 3.63) is 24.3 Å². The van der Waals surface area contributed by atoms with Gasteiger partial charge in [-0.3, -0.25) is 9.59 Å². The van der Waals surface area contributed by atoms with Crippen molar-refractivity contribution in [2.75, 3.05) is 20.3 Å². The predicted molar refractivity (Wildman–Crippen MR) is 76.3 cm³/mol. The van der Waals surface area contributed by atoms with Crippen LogP contribution < -0.4 is 20.2 Å². The molecule has 0 saturated carbocycles. The lowest BCUT2D eigenvalue weighted by atomic mass is 10.1. The summed E-state index contributed by atoms with van der Waals surface area (Å²) in [6.07, 6.45) is 0.644. The molecule has 7 heteroatoms. The maximum atomic E-state index is 11.7. The van der Waals surface area contributed by atoms with E-state index in [1.165, 1.54) is 0 Å². The van der Waals surface area contributed by atoms with E-state index in [1.807, 2.05) is 0 Å². The van der Waals surface area contributed by atoms with Crippen LogP contribution in [-0.2, 0) is 9.59 Å². The zero-order valence-electron chi connectivity index (χ0n) is 11.7. The van der Waals surface area contributed by atoms with Crippen LogP contribution in [0.4, 0.5) is 0 Å². The van der Waals surface area contributed by atoms with Gasteiger partial charge in [0.15, 0.2) is 0 Å². The number of ether oxygens (including phenoxy) is 2. The van der Waals surface area contributed by atoms with Gasteiger partial charge in [-0.15, -0.1) is 0 Å². The van der Waals surface area contributed by atoms with Gasteiger partial charge in [0.25, 0.3) is 5.91 Å². The summed E-state index contributed by atoms with van der Waals surface area (Å²) in [7, 11) is 1.60. The van der Waals surface area contributed by atoms with Crippen molar-refractivity contribution >= 4 is 17.5 Å². The minimum Gasteiger partial charge on any atom is -0.497 e. The number of carbonyl (C=O) groups is 2. The molecule has 2 N–H and O–H groups in total. The van der Waals surface area contributed by atoms with Crippen molar-refractivity contribution in [2.24, 2.45) is 5.10 Å². The Morgan fingerprint density at radius 1 is 1.29 bits per heavy atom. The fraction of sp³-hybridized carbons (Fsp3) is 0.357. The Morgan fingerprint density at radius 2 is 2.00 bits per heavy atom. The van der Waals surface area contributed by atoms with Crippen LogP contribution in [0.25, 0.3) is 0 Å². The molecule has 112 valence electrons. The van der Waals surface area contributed by atoms with E-state index in [-0.39, 0.29) is 18.2 Å². The molecule has 0 aromatic heterocycles. The number of nitrogens with one attached hydrogen (secondary N) is 2. The number of nitrogens with zero attached hydrogens (tertiary/aromatic N) is 1. The van der Waals surface area contributed by atoms with E-state index >= 15 is 0 Å². The van der Waals surface area contributed by atoms with Gasteiger partial charge in [0.05, 0.1) is 13.7 Å². The van der Waals surface area contributed by atoms with Gasteiger partial charge in [-0.1, -0.05) is 0 Å². The molecule has 2 rings (SSSR count). The van der Waals surface area contributed by atoms with Crippen LogP contribution in [0.15, 0.2) is 29.4 Å². The first-order valence-electron chi connectivity index (χ1n) is 6.59. The summed E-state index contributed by atoms with van der Waals surface area (Å²) >= 11 is 0. The lowest BCUT2D eigenvalue weighted by Gasteiger charge is -2.12. The third-order valence-corrected chi connectivity index (χ3v) is 2.88. The molecule has 1 aromatic rings. The van der Waals surface area contributed by atoms with Crippen molar-refractivity contribution in [2.45, 2.75) is 12.8 Å². The zero-order valence-corrected chi connectivity index (χ0v) is 11.7. The molecule has 0 fully saturated rings. The highest BCUT2D eigenvalue weighted by molar-refractivity contribution is 6.39. The fourth-order valence-corrected chi connectivity index (χ4v) is 1.75. The topological polar surface area (TPSA) is 89.0 Å². The third kappa shape index (κ3) is 4.48. The molecule has 0 atom stereocenters. The molecule has 1 aromatic carbocycles. The van der Waals surface area contributed by atoms with E-state index in [4.69, 9.17) is 9.47 Å². The molecule has 0 spiro atoms. The largest absolute Gasteiger partial charge is 0.497 e. The second-order valence-corrected chi connectivity index (χ2v) is 4.37. The molecule has 1 aliphatic heterocycles. The van der Waals surface area contributed by atoms with E-state index in [0.717, 1.165) is 5.75 Å². The number of benzene rings is 1. The average Bonchev–Trinajstić information content (AvgIpc) is 2.52. The van der Waals surface area contributed by atoms with Crippen molar-refractivity contribution < 1.29 is 19.1 Å². The molecular formula is C14H17N3O4. The van der Waals surface area contributed by atoms with E-state index in [1.54, 1.807) is 31.4 Å². The number of amides is 2. The highest BCUT2D eigenvalue weighted by Gasteiger charge is 2.17. The fourth-order valence-electron chi connectivity index (χ4n) is 1.75. The number of carbonyl (C=O) groups excluding carboxylic acids is 2. The number of hydrogen-bond acceptors (Lipinski definition) is 5.